The second kappa shape index (κ2) is 7.43. The van der Waals surface area contributed by atoms with E-state index in [9.17, 15) is 4.79 Å². The van der Waals surface area contributed by atoms with E-state index in [2.05, 4.69) is 24.3 Å². The predicted molar refractivity (Wildman–Crippen MR) is 79.7 cm³/mol. The van der Waals surface area contributed by atoms with E-state index >= 15 is 0 Å². The van der Waals surface area contributed by atoms with E-state index < -0.39 is 0 Å². The molecule has 1 amide bonds. The smallest absolute Gasteiger partial charge is 0.224 e. The molecule has 1 aromatic rings. The summed E-state index contributed by atoms with van der Waals surface area (Å²) < 4.78 is 7.02. The van der Waals surface area contributed by atoms with E-state index in [1.54, 1.807) is 7.11 Å². The zero-order chi connectivity index (χ0) is 15.3. The van der Waals surface area contributed by atoms with E-state index in [0.29, 0.717) is 18.9 Å². The van der Waals surface area contributed by atoms with Crippen molar-refractivity contribution in [2.75, 3.05) is 13.7 Å². The molecular weight excluding hydrogens is 254 g/mol. The maximum atomic E-state index is 12.0. The number of carbonyl (C=O) groups excluding carboxylic acids is 1. The van der Waals surface area contributed by atoms with E-state index in [0.717, 1.165) is 23.5 Å². The lowest BCUT2D eigenvalue weighted by Crippen LogP contribution is -2.36. The Morgan fingerprint density at radius 1 is 1.35 bits per heavy atom. The number of methoxy groups -OCH3 is 1. The number of hydrogen-bond acceptors (Lipinski definition) is 3. The Balaban J connectivity index is 2.72. The number of hydrogen-bond donors (Lipinski definition) is 1. The molecular formula is C15H27N3O2. The van der Waals surface area contributed by atoms with Crippen LogP contribution in [0.2, 0.25) is 0 Å². The van der Waals surface area contributed by atoms with Crippen LogP contribution < -0.4 is 5.32 Å². The summed E-state index contributed by atoms with van der Waals surface area (Å²) >= 11 is 0. The van der Waals surface area contributed by atoms with Crippen LogP contribution in [0.1, 0.15) is 37.7 Å². The highest BCUT2D eigenvalue weighted by atomic mass is 16.5. The van der Waals surface area contributed by atoms with Gasteiger partial charge < -0.3 is 10.1 Å². The van der Waals surface area contributed by atoms with Crippen molar-refractivity contribution in [1.29, 1.82) is 0 Å². The Labute approximate surface area is 121 Å². The monoisotopic (exact) mass is 281 g/mol. The van der Waals surface area contributed by atoms with Crippen molar-refractivity contribution in [3.05, 3.63) is 17.0 Å². The van der Waals surface area contributed by atoms with Crippen LogP contribution in [-0.2, 0) is 22.5 Å². The van der Waals surface area contributed by atoms with Gasteiger partial charge in [-0.25, -0.2) is 0 Å². The van der Waals surface area contributed by atoms with Crippen molar-refractivity contribution in [2.45, 2.75) is 53.6 Å². The van der Waals surface area contributed by atoms with Crippen LogP contribution in [0.25, 0.3) is 0 Å². The molecule has 0 aliphatic heterocycles. The average Bonchev–Trinajstić information content (AvgIpc) is 2.56. The molecule has 1 N–H and O–H groups in total. The molecule has 114 valence electrons. The summed E-state index contributed by atoms with van der Waals surface area (Å²) in [5.74, 6) is 0.557. The third-order valence-electron chi connectivity index (χ3n) is 3.23. The van der Waals surface area contributed by atoms with Gasteiger partial charge in [0.05, 0.1) is 18.7 Å². The standard InChI is InChI=1S/C15H27N3O2/c1-10(2)8-18-13(5)14(12(4)17-18)7-15(19)16-11(3)9-20-6/h10-11H,7-9H2,1-6H3,(H,16,19). The topological polar surface area (TPSA) is 56.1 Å². The number of rotatable bonds is 7. The van der Waals surface area contributed by atoms with Gasteiger partial charge in [-0.3, -0.25) is 9.48 Å². The molecule has 0 spiro atoms. The molecule has 20 heavy (non-hydrogen) atoms. The Morgan fingerprint density at radius 2 is 2.00 bits per heavy atom. The maximum Gasteiger partial charge on any atom is 0.224 e. The second-order valence-corrected chi connectivity index (χ2v) is 5.83. The molecule has 1 heterocycles. The fourth-order valence-corrected chi connectivity index (χ4v) is 2.29. The minimum absolute atomic E-state index is 0.0184. The normalized spacial score (nSPS) is 12.8. The second-order valence-electron chi connectivity index (χ2n) is 5.83. The quantitative estimate of drug-likeness (QED) is 0.830. The molecule has 0 aromatic carbocycles. The average molecular weight is 281 g/mol. The summed E-state index contributed by atoms with van der Waals surface area (Å²) in [6.45, 7) is 11.7. The summed E-state index contributed by atoms with van der Waals surface area (Å²) in [5.41, 5.74) is 3.07. The van der Waals surface area contributed by atoms with Gasteiger partial charge in [0.1, 0.15) is 0 Å². The van der Waals surface area contributed by atoms with Crippen molar-refractivity contribution >= 4 is 5.91 Å². The molecule has 0 aliphatic rings. The number of ether oxygens (including phenoxy) is 1. The lowest BCUT2D eigenvalue weighted by molar-refractivity contribution is -0.121. The first-order chi connectivity index (χ1) is 9.35. The first-order valence-corrected chi connectivity index (χ1v) is 7.16. The van der Waals surface area contributed by atoms with Crippen LogP contribution in [0.5, 0.6) is 0 Å². The van der Waals surface area contributed by atoms with Gasteiger partial charge in [0.15, 0.2) is 0 Å². The molecule has 0 saturated heterocycles. The van der Waals surface area contributed by atoms with Crippen molar-refractivity contribution in [1.82, 2.24) is 15.1 Å². The van der Waals surface area contributed by atoms with Crippen molar-refractivity contribution in [2.24, 2.45) is 5.92 Å². The number of carbonyl (C=O) groups is 1. The van der Waals surface area contributed by atoms with Crippen molar-refractivity contribution < 1.29 is 9.53 Å². The first kappa shape index (κ1) is 16.7. The summed E-state index contributed by atoms with van der Waals surface area (Å²) in [5, 5.41) is 7.46. The number of nitrogens with zero attached hydrogens (tertiary/aromatic N) is 2. The fourth-order valence-electron chi connectivity index (χ4n) is 2.29. The van der Waals surface area contributed by atoms with Crippen molar-refractivity contribution in [3.63, 3.8) is 0 Å². The summed E-state index contributed by atoms with van der Waals surface area (Å²) in [6.07, 6.45) is 0.379. The zero-order valence-electron chi connectivity index (χ0n) is 13.5. The minimum Gasteiger partial charge on any atom is -0.383 e. The molecule has 0 fully saturated rings. The summed E-state index contributed by atoms with van der Waals surface area (Å²) in [4.78, 5) is 12.0. The molecule has 5 heteroatoms. The van der Waals surface area contributed by atoms with Crippen LogP contribution in [0, 0.1) is 19.8 Å². The highest BCUT2D eigenvalue weighted by molar-refractivity contribution is 5.79. The number of nitrogens with one attached hydrogen (secondary N) is 1. The Kier molecular flexibility index (Phi) is 6.20. The van der Waals surface area contributed by atoms with Gasteiger partial charge in [-0.05, 0) is 26.7 Å². The van der Waals surface area contributed by atoms with Gasteiger partial charge in [-0.15, -0.1) is 0 Å². The Bertz CT molecular complexity index is 452. The SMILES string of the molecule is COCC(C)NC(=O)Cc1c(C)nn(CC(C)C)c1C. The molecule has 0 bridgehead atoms. The first-order valence-electron chi connectivity index (χ1n) is 7.16. The van der Waals surface area contributed by atoms with Crippen LogP contribution >= 0.6 is 0 Å². The van der Waals surface area contributed by atoms with Gasteiger partial charge >= 0.3 is 0 Å². The molecule has 0 aliphatic carbocycles. The third kappa shape index (κ3) is 4.63. The molecule has 1 unspecified atom stereocenters. The van der Waals surface area contributed by atoms with Gasteiger partial charge in [-0.1, -0.05) is 13.8 Å². The van der Waals surface area contributed by atoms with E-state index in [-0.39, 0.29) is 11.9 Å². The van der Waals surface area contributed by atoms with Crippen LogP contribution in [-0.4, -0.2) is 35.4 Å². The molecule has 1 aromatic heterocycles. The fraction of sp³-hybridized carbons (Fsp3) is 0.733. The minimum atomic E-state index is 0.0184. The van der Waals surface area contributed by atoms with E-state index in [1.165, 1.54) is 0 Å². The number of amides is 1. The van der Waals surface area contributed by atoms with Crippen LogP contribution in [0.3, 0.4) is 0 Å². The Hall–Kier alpha value is -1.36. The summed E-state index contributed by atoms with van der Waals surface area (Å²) in [6, 6.07) is 0.0267. The molecule has 1 atom stereocenters. The number of aryl methyl sites for hydroxylation is 1. The highest BCUT2D eigenvalue weighted by Crippen LogP contribution is 2.15. The highest BCUT2D eigenvalue weighted by Gasteiger charge is 2.16. The molecule has 0 saturated carbocycles. The van der Waals surface area contributed by atoms with Gasteiger partial charge in [0.2, 0.25) is 5.91 Å². The van der Waals surface area contributed by atoms with Crippen molar-refractivity contribution in [3.8, 4) is 0 Å². The Morgan fingerprint density at radius 3 is 2.55 bits per heavy atom. The van der Waals surface area contributed by atoms with Crippen LogP contribution in [0.4, 0.5) is 0 Å². The summed E-state index contributed by atoms with van der Waals surface area (Å²) in [7, 11) is 1.63. The van der Waals surface area contributed by atoms with Gasteiger partial charge in [0, 0.05) is 31.0 Å². The number of aromatic nitrogens is 2. The molecule has 0 radical (unpaired) electrons. The largest absolute Gasteiger partial charge is 0.383 e. The predicted octanol–water partition coefficient (Wildman–Crippen LogP) is 1.85. The van der Waals surface area contributed by atoms with Crippen LogP contribution in [0.15, 0.2) is 0 Å². The van der Waals surface area contributed by atoms with Gasteiger partial charge in [-0.2, -0.15) is 5.10 Å². The van der Waals surface area contributed by atoms with E-state index in [1.807, 2.05) is 25.5 Å². The lowest BCUT2D eigenvalue weighted by atomic mass is 10.1. The molecule has 1 rings (SSSR count). The van der Waals surface area contributed by atoms with E-state index in [4.69, 9.17) is 4.74 Å². The third-order valence-corrected chi connectivity index (χ3v) is 3.23. The zero-order valence-corrected chi connectivity index (χ0v) is 13.5. The molecule has 5 nitrogen and oxygen atoms in total. The lowest BCUT2D eigenvalue weighted by Gasteiger charge is -2.13. The maximum absolute atomic E-state index is 12.0. The van der Waals surface area contributed by atoms with Gasteiger partial charge in [0.25, 0.3) is 0 Å².